The zero-order valence-corrected chi connectivity index (χ0v) is 10.2. The van der Waals surface area contributed by atoms with E-state index >= 15 is 0 Å². The Morgan fingerprint density at radius 1 is 1.44 bits per heavy atom. The van der Waals surface area contributed by atoms with E-state index in [4.69, 9.17) is 10.3 Å². The zero-order valence-electron chi connectivity index (χ0n) is 10.2. The van der Waals surface area contributed by atoms with Crippen LogP contribution in [-0.4, -0.2) is 16.0 Å². The molecule has 0 saturated carbocycles. The second-order valence-electron chi connectivity index (χ2n) is 3.96. The van der Waals surface area contributed by atoms with Crippen LogP contribution in [0, 0.1) is 13.8 Å². The van der Waals surface area contributed by atoms with Gasteiger partial charge in [0.05, 0.1) is 12.1 Å². The molecule has 2 aromatic rings. The van der Waals surface area contributed by atoms with E-state index in [-0.39, 0.29) is 12.5 Å². The lowest BCUT2D eigenvalue weighted by Gasteiger charge is -2.08. The van der Waals surface area contributed by atoms with Gasteiger partial charge in [-0.1, -0.05) is 17.3 Å². The lowest BCUT2D eigenvalue weighted by Crippen LogP contribution is -2.24. The van der Waals surface area contributed by atoms with Crippen molar-refractivity contribution < 1.29 is 9.32 Å². The van der Waals surface area contributed by atoms with Crippen molar-refractivity contribution in [3.63, 3.8) is 0 Å². The SMILES string of the molecule is Cc1noc(CNC(=O)c2c(C)cccc2N)n1. The molecule has 0 saturated heterocycles. The minimum absolute atomic E-state index is 0.188. The first kappa shape index (κ1) is 12.1. The summed E-state index contributed by atoms with van der Waals surface area (Å²) in [6.45, 7) is 3.74. The molecule has 0 bridgehead atoms. The van der Waals surface area contributed by atoms with Gasteiger partial charge in [-0.2, -0.15) is 4.98 Å². The molecule has 0 atom stereocenters. The molecule has 0 radical (unpaired) electrons. The Hall–Kier alpha value is -2.37. The van der Waals surface area contributed by atoms with Crippen LogP contribution in [-0.2, 0) is 6.54 Å². The number of rotatable bonds is 3. The molecule has 0 aliphatic carbocycles. The molecule has 6 nitrogen and oxygen atoms in total. The number of carbonyl (C=O) groups excluding carboxylic acids is 1. The maximum Gasteiger partial charge on any atom is 0.254 e. The Bertz CT molecular complexity index is 557. The maximum atomic E-state index is 12.0. The molecular weight excluding hydrogens is 232 g/mol. The van der Waals surface area contributed by atoms with Crippen LogP contribution < -0.4 is 11.1 Å². The fraction of sp³-hybridized carbons (Fsp3) is 0.250. The molecule has 0 aliphatic heterocycles. The van der Waals surface area contributed by atoms with Crippen molar-refractivity contribution in [1.82, 2.24) is 15.5 Å². The van der Waals surface area contributed by atoms with E-state index in [1.165, 1.54) is 0 Å². The van der Waals surface area contributed by atoms with E-state index in [9.17, 15) is 4.79 Å². The van der Waals surface area contributed by atoms with E-state index in [1.54, 1.807) is 13.0 Å². The van der Waals surface area contributed by atoms with Gasteiger partial charge in [0, 0.05) is 5.69 Å². The van der Waals surface area contributed by atoms with Crippen molar-refractivity contribution in [3.8, 4) is 0 Å². The number of nitrogens with one attached hydrogen (secondary N) is 1. The molecule has 1 aromatic carbocycles. The quantitative estimate of drug-likeness (QED) is 0.793. The summed E-state index contributed by atoms with van der Waals surface area (Å²) >= 11 is 0. The third-order valence-electron chi connectivity index (χ3n) is 2.50. The minimum Gasteiger partial charge on any atom is -0.398 e. The summed E-state index contributed by atoms with van der Waals surface area (Å²) in [6, 6.07) is 5.34. The van der Waals surface area contributed by atoms with Crippen LogP contribution in [0.25, 0.3) is 0 Å². The Kier molecular flexibility index (Phi) is 3.27. The summed E-state index contributed by atoms with van der Waals surface area (Å²) in [5, 5.41) is 6.34. The van der Waals surface area contributed by atoms with Crippen molar-refractivity contribution in [2.24, 2.45) is 0 Å². The van der Waals surface area contributed by atoms with Crippen molar-refractivity contribution in [2.75, 3.05) is 5.73 Å². The third-order valence-corrected chi connectivity index (χ3v) is 2.50. The van der Waals surface area contributed by atoms with Crippen molar-refractivity contribution in [3.05, 3.63) is 41.0 Å². The number of nitrogen functional groups attached to an aromatic ring is 1. The first-order valence-corrected chi connectivity index (χ1v) is 5.50. The van der Waals surface area contributed by atoms with Gasteiger partial charge < -0.3 is 15.6 Å². The Morgan fingerprint density at radius 3 is 2.83 bits per heavy atom. The average Bonchev–Trinajstić information content (AvgIpc) is 2.72. The summed E-state index contributed by atoms with van der Waals surface area (Å²) in [5.74, 6) is 0.657. The molecule has 2 rings (SSSR count). The topological polar surface area (TPSA) is 94.0 Å². The van der Waals surface area contributed by atoms with Gasteiger partial charge in [0.15, 0.2) is 5.82 Å². The standard InChI is InChI=1S/C12H14N4O2/c1-7-4-3-5-9(13)11(7)12(17)14-6-10-15-8(2)16-18-10/h3-5H,6,13H2,1-2H3,(H,14,17). The second kappa shape index (κ2) is 4.87. The Balaban J connectivity index is 2.08. The predicted molar refractivity (Wildman–Crippen MR) is 65.8 cm³/mol. The number of amides is 1. The molecular formula is C12H14N4O2. The highest BCUT2D eigenvalue weighted by atomic mass is 16.5. The van der Waals surface area contributed by atoms with E-state index in [0.29, 0.717) is 23.0 Å². The van der Waals surface area contributed by atoms with Crippen molar-refractivity contribution >= 4 is 11.6 Å². The highest BCUT2D eigenvalue weighted by Gasteiger charge is 2.13. The molecule has 0 unspecified atom stereocenters. The van der Waals surface area contributed by atoms with Crippen LogP contribution in [0.2, 0.25) is 0 Å². The van der Waals surface area contributed by atoms with Gasteiger partial charge in [-0.15, -0.1) is 0 Å². The molecule has 94 valence electrons. The van der Waals surface area contributed by atoms with Gasteiger partial charge in [-0.05, 0) is 25.5 Å². The summed E-state index contributed by atoms with van der Waals surface area (Å²) in [6.07, 6.45) is 0. The molecule has 0 aliphatic rings. The van der Waals surface area contributed by atoms with Gasteiger partial charge in [0.25, 0.3) is 5.91 Å². The van der Waals surface area contributed by atoms with Crippen LogP contribution in [0.1, 0.15) is 27.6 Å². The number of hydrogen-bond donors (Lipinski definition) is 2. The Labute approximate surface area is 104 Å². The van der Waals surface area contributed by atoms with E-state index in [2.05, 4.69) is 15.5 Å². The van der Waals surface area contributed by atoms with Crippen LogP contribution in [0.4, 0.5) is 5.69 Å². The van der Waals surface area contributed by atoms with Gasteiger partial charge in [0.1, 0.15) is 0 Å². The lowest BCUT2D eigenvalue weighted by molar-refractivity contribution is 0.0946. The number of anilines is 1. The number of aryl methyl sites for hydroxylation is 2. The number of aromatic nitrogens is 2. The number of hydrogen-bond acceptors (Lipinski definition) is 5. The monoisotopic (exact) mass is 246 g/mol. The number of carbonyl (C=O) groups is 1. The van der Waals surface area contributed by atoms with Gasteiger partial charge in [-0.25, -0.2) is 0 Å². The second-order valence-corrected chi connectivity index (χ2v) is 3.96. The third kappa shape index (κ3) is 2.48. The number of benzene rings is 1. The fourth-order valence-electron chi connectivity index (χ4n) is 1.66. The number of nitrogens with two attached hydrogens (primary N) is 1. The van der Waals surface area contributed by atoms with Crippen LogP contribution in [0.5, 0.6) is 0 Å². The smallest absolute Gasteiger partial charge is 0.254 e. The summed E-state index contributed by atoms with van der Waals surface area (Å²) in [5.41, 5.74) is 7.54. The van der Waals surface area contributed by atoms with Crippen LogP contribution in [0.15, 0.2) is 22.7 Å². The van der Waals surface area contributed by atoms with E-state index in [0.717, 1.165) is 5.56 Å². The minimum atomic E-state index is -0.249. The highest BCUT2D eigenvalue weighted by molar-refractivity contribution is 6.00. The molecule has 3 N–H and O–H groups in total. The molecule has 1 amide bonds. The summed E-state index contributed by atoms with van der Waals surface area (Å²) in [7, 11) is 0. The zero-order chi connectivity index (χ0) is 13.1. The molecule has 0 fully saturated rings. The van der Waals surface area contributed by atoms with Gasteiger partial charge >= 0.3 is 0 Å². The first-order valence-electron chi connectivity index (χ1n) is 5.50. The molecule has 0 spiro atoms. The molecule has 6 heteroatoms. The van der Waals surface area contributed by atoms with Gasteiger partial charge in [0.2, 0.25) is 5.89 Å². The van der Waals surface area contributed by atoms with Gasteiger partial charge in [-0.3, -0.25) is 4.79 Å². The van der Waals surface area contributed by atoms with E-state index in [1.807, 2.05) is 19.1 Å². The van der Waals surface area contributed by atoms with Crippen molar-refractivity contribution in [2.45, 2.75) is 20.4 Å². The molecule has 1 heterocycles. The van der Waals surface area contributed by atoms with Crippen molar-refractivity contribution in [1.29, 1.82) is 0 Å². The Morgan fingerprint density at radius 2 is 2.22 bits per heavy atom. The predicted octanol–water partition coefficient (Wildman–Crippen LogP) is 1.20. The fourth-order valence-corrected chi connectivity index (χ4v) is 1.66. The molecule has 18 heavy (non-hydrogen) atoms. The van der Waals surface area contributed by atoms with Crippen LogP contribution >= 0.6 is 0 Å². The summed E-state index contributed by atoms with van der Waals surface area (Å²) in [4.78, 5) is 16.0. The first-order chi connectivity index (χ1) is 8.58. The molecule has 1 aromatic heterocycles. The van der Waals surface area contributed by atoms with Crippen LogP contribution in [0.3, 0.4) is 0 Å². The number of nitrogens with zero attached hydrogens (tertiary/aromatic N) is 2. The maximum absolute atomic E-state index is 12.0. The lowest BCUT2D eigenvalue weighted by atomic mass is 10.1. The normalized spacial score (nSPS) is 10.3. The average molecular weight is 246 g/mol. The summed E-state index contributed by atoms with van der Waals surface area (Å²) < 4.78 is 4.90. The van der Waals surface area contributed by atoms with E-state index < -0.39 is 0 Å². The highest BCUT2D eigenvalue weighted by Crippen LogP contribution is 2.15. The largest absolute Gasteiger partial charge is 0.398 e.